The second-order valence-electron chi connectivity index (χ2n) is 10.6. The van der Waals surface area contributed by atoms with E-state index in [1.165, 1.54) is 20.3 Å². The minimum absolute atomic E-state index is 0.0657. The molecular formula is C24H36O5. The average molecular weight is 405 g/mol. The van der Waals surface area contributed by atoms with Crippen LogP contribution in [0.4, 0.5) is 0 Å². The third kappa shape index (κ3) is 3.77. The third-order valence-electron chi connectivity index (χ3n) is 8.32. The molecule has 0 N–H and O–H groups in total. The van der Waals surface area contributed by atoms with E-state index in [0.29, 0.717) is 5.92 Å². The number of fused-ring (bicyclic) bond motifs is 3. The van der Waals surface area contributed by atoms with Crippen LogP contribution in [0.2, 0.25) is 0 Å². The Morgan fingerprint density at radius 3 is 2.28 bits per heavy atom. The Balaban J connectivity index is 2.03. The van der Waals surface area contributed by atoms with Crippen molar-refractivity contribution in [3.8, 4) is 0 Å². The Labute approximate surface area is 174 Å². The molecule has 5 heteroatoms. The molecule has 2 unspecified atom stereocenters. The Kier molecular flexibility index (Phi) is 5.74. The van der Waals surface area contributed by atoms with Gasteiger partial charge in [-0.3, -0.25) is 14.4 Å². The van der Waals surface area contributed by atoms with Crippen LogP contribution in [0.5, 0.6) is 0 Å². The van der Waals surface area contributed by atoms with Gasteiger partial charge in [-0.2, -0.15) is 0 Å². The summed E-state index contributed by atoms with van der Waals surface area (Å²) in [6.45, 7) is 12.3. The van der Waals surface area contributed by atoms with Crippen molar-refractivity contribution in [3.05, 3.63) is 11.6 Å². The van der Waals surface area contributed by atoms with Crippen molar-refractivity contribution in [1.82, 2.24) is 0 Å². The number of ketones is 1. The standard InChI is InChI=1S/C24H36O5/c1-15(25)28-13-17-12-19(27)21-23(5,18(17)14-29-16(2)26)11-8-20-22(3,4)9-7-10-24(20,21)6/h12,18,20-21H,7-11,13-14H2,1-6H3/t18-,20?,21?,23+,24+/m1/s1. The van der Waals surface area contributed by atoms with Crippen molar-refractivity contribution in [2.24, 2.45) is 34.0 Å². The molecule has 3 rings (SSSR count). The van der Waals surface area contributed by atoms with Gasteiger partial charge in [0.2, 0.25) is 0 Å². The number of carbonyl (C=O) groups is 3. The first-order valence-electron chi connectivity index (χ1n) is 10.9. The van der Waals surface area contributed by atoms with Crippen LogP contribution >= 0.6 is 0 Å². The second-order valence-corrected chi connectivity index (χ2v) is 10.6. The normalized spacial score (nSPS) is 38.3. The van der Waals surface area contributed by atoms with Crippen LogP contribution < -0.4 is 0 Å². The quantitative estimate of drug-likeness (QED) is 0.646. The number of ether oxygens (including phenoxy) is 2. The van der Waals surface area contributed by atoms with Crippen LogP contribution in [0.15, 0.2) is 11.6 Å². The van der Waals surface area contributed by atoms with E-state index in [4.69, 9.17) is 9.47 Å². The lowest BCUT2D eigenvalue weighted by Gasteiger charge is -2.64. The van der Waals surface area contributed by atoms with Crippen LogP contribution in [0.25, 0.3) is 0 Å². The number of rotatable bonds is 4. The molecule has 0 bridgehead atoms. The van der Waals surface area contributed by atoms with Crippen molar-refractivity contribution in [3.63, 3.8) is 0 Å². The van der Waals surface area contributed by atoms with Crippen molar-refractivity contribution < 1.29 is 23.9 Å². The molecule has 3 aliphatic carbocycles. The molecule has 0 aromatic carbocycles. The van der Waals surface area contributed by atoms with E-state index in [1.807, 2.05) is 0 Å². The van der Waals surface area contributed by atoms with Gasteiger partial charge in [-0.1, -0.05) is 34.1 Å². The maximum atomic E-state index is 13.5. The second kappa shape index (κ2) is 7.55. The Morgan fingerprint density at radius 1 is 1.00 bits per heavy atom. The molecule has 0 radical (unpaired) electrons. The molecule has 29 heavy (non-hydrogen) atoms. The molecule has 0 aromatic rings. The minimum atomic E-state index is -0.374. The van der Waals surface area contributed by atoms with Crippen molar-refractivity contribution in [1.29, 1.82) is 0 Å². The van der Waals surface area contributed by atoms with Gasteiger partial charge in [0, 0.05) is 25.7 Å². The van der Waals surface area contributed by atoms with E-state index in [-0.39, 0.29) is 59.0 Å². The first kappa shape index (κ1) is 22.0. The molecule has 0 amide bonds. The molecule has 0 spiro atoms. The molecule has 0 aromatic heterocycles. The lowest BCUT2D eigenvalue weighted by atomic mass is 9.39. The highest BCUT2D eigenvalue weighted by Crippen LogP contribution is 2.67. The van der Waals surface area contributed by atoms with E-state index < -0.39 is 0 Å². The summed E-state index contributed by atoms with van der Waals surface area (Å²) in [5.74, 6) is -0.262. The first-order valence-corrected chi connectivity index (χ1v) is 10.9. The molecule has 0 heterocycles. The largest absolute Gasteiger partial charge is 0.465 e. The molecule has 0 saturated heterocycles. The molecule has 5 nitrogen and oxygen atoms in total. The molecule has 2 saturated carbocycles. The summed E-state index contributed by atoms with van der Waals surface area (Å²) in [7, 11) is 0. The van der Waals surface area contributed by atoms with Gasteiger partial charge in [0.1, 0.15) is 6.61 Å². The van der Waals surface area contributed by atoms with Crippen LogP contribution in [-0.4, -0.2) is 30.9 Å². The van der Waals surface area contributed by atoms with Gasteiger partial charge < -0.3 is 9.47 Å². The summed E-state index contributed by atoms with van der Waals surface area (Å²) >= 11 is 0. The van der Waals surface area contributed by atoms with E-state index >= 15 is 0 Å². The number of hydrogen-bond acceptors (Lipinski definition) is 5. The van der Waals surface area contributed by atoms with E-state index in [2.05, 4.69) is 27.7 Å². The van der Waals surface area contributed by atoms with Crippen molar-refractivity contribution in [2.45, 2.75) is 73.6 Å². The highest BCUT2D eigenvalue weighted by atomic mass is 16.5. The average Bonchev–Trinajstić information content (AvgIpc) is 2.57. The van der Waals surface area contributed by atoms with Crippen LogP contribution in [0.3, 0.4) is 0 Å². The predicted octanol–water partition coefficient (Wildman–Crippen LogP) is 4.49. The predicted molar refractivity (Wildman–Crippen MR) is 110 cm³/mol. The fourth-order valence-corrected chi connectivity index (χ4v) is 7.23. The SMILES string of the molecule is CC(=O)OCC1=CC(=O)C2[C@@]3(C)CCCC(C)(C)C3CC[C@@]2(C)[C@@H]1COC(C)=O. The third-order valence-corrected chi connectivity index (χ3v) is 8.32. The molecule has 3 aliphatic rings. The van der Waals surface area contributed by atoms with Gasteiger partial charge in [-0.05, 0) is 59.5 Å². The highest BCUT2D eigenvalue weighted by Gasteiger charge is 2.63. The Hall–Kier alpha value is -1.65. The lowest BCUT2D eigenvalue weighted by Crippen LogP contribution is -2.61. The van der Waals surface area contributed by atoms with Gasteiger partial charge in [0.25, 0.3) is 0 Å². The van der Waals surface area contributed by atoms with E-state index in [0.717, 1.165) is 31.3 Å². The number of allylic oxidation sites excluding steroid dienone is 1. The smallest absolute Gasteiger partial charge is 0.302 e. The van der Waals surface area contributed by atoms with Crippen LogP contribution in [0.1, 0.15) is 73.6 Å². The van der Waals surface area contributed by atoms with E-state index in [1.54, 1.807) is 6.08 Å². The maximum absolute atomic E-state index is 13.5. The molecule has 0 aliphatic heterocycles. The maximum Gasteiger partial charge on any atom is 0.302 e. The number of esters is 2. The topological polar surface area (TPSA) is 69.7 Å². The van der Waals surface area contributed by atoms with Crippen molar-refractivity contribution in [2.75, 3.05) is 13.2 Å². The number of hydrogen-bond donors (Lipinski definition) is 0. The summed E-state index contributed by atoms with van der Waals surface area (Å²) in [4.78, 5) is 36.5. The molecule has 2 fully saturated rings. The summed E-state index contributed by atoms with van der Waals surface area (Å²) in [6, 6.07) is 0. The monoisotopic (exact) mass is 404 g/mol. The summed E-state index contributed by atoms with van der Waals surface area (Å²) in [5.41, 5.74) is 0.628. The molecule has 162 valence electrons. The minimum Gasteiger partial charge on any atom is -0.465 e. The van der Waals surface area contributed by atoms with Gasteiger partial charge >= 0.3 is 11.9 Å². The summed E-state index contributed by atoms with van der Waals surface area (Å²) in [6.07, 6.45) is 7.07. The zero-order valence-corrected chi connectivity index (χ0v) is 18.8. The fourth-order valence-electron chi connectivity index (χ4n) is 7.23. The van der Waals surface area contributed by atoms with Gasteiger partial charge in [-0.25, -0.2) is 0 Å². The fraction of sp³-hybridized carbons (Fsp3) is 0.792. The summed E-state index contributed by atoms with van der Waals surface area (Å²) < 4.78 is 10.7. The zero-order chi connectivity index (χ0) is 21.6. The molecule has 5 atom stereocenters. The lowest BCUT2D eigenvalue weighted by molar-refractivity contribution is -0.170. The Bertz CT molecular complexity index is 736. The first-order chi connectivity index (χ1) is 13.4. The van der Waals surface area contributed by atoms with Crippen molar-refractivity contribution >= 4 is 17.7 Å². The number of carbonyl (C=O) groups excluding carboxylic acids is 3. The van der Waals surface area contributed by atoms with Crippen LogP contribution in [0, 0.1) is 34.0 Å². The Morgan fingerprint density at radius 2 is 1.66 bits per heavy atom. The summed E-state index contributed by atoms with van der Waals surface area (Å²) in [5, 5.41) is 0. The van der Waals surface area contributed by atoms with Gasteiger partial charge in [0.15, 0.2) is 5.78 Å². The van der Waals surface area contributed by atoms with Gasteiger partial charge in [-0.15, -0.1) is 0 Å². The zero-order valence-electron chi connectivity index (χ0n) is 18.8. The van der Waals surface area contributed by atoms with Crippen LogP contribution in [-0.2, 0) is 23.9 Å². The van der Waals surface area contributed by atoms with Gasteiger partial charge in [0.05, 0.1) is 6.61 Å². The van der Waals surface area contributed by atoms with E-state index in [9.17, 15) is 14.4 Å². The highest BCUT2D eigenvalue weighted by molar-refractivity contribution is 5.95. The molecular weight excluding hydrogens is 368 g/mol.